The van der Waals surface area contributed by atoms with E-state index in [1.807, 2.05) is 25.1 Å². The van der Waals surface area contributed by atoms with Crippen LogP contribution in [0.1, 0.15) is 81.8 Å². The van der Waals surface area contributed by atoms with Gasteiger partial charge in [0.15, 0.2) is 5.16 Å². The molecule has 27 heavy (non-hydrogen) atoms. The van der Waals surface area contributed by atoms with Gasteiger partial charge in [0.25, 0.3) is 0 Å². The molecule has 144 valence electrons. The zero-order valence-corrected chi connectivity index (χ0v) is 16.9. The summed E-state index contributed by atoms with van der Waals surface area (Å²) in [6.07, 6.45) is 6.83. The summed E-state index contributed by atoms with van der Waals surface area (Å²) in [5, 5.41) is 12.8. The third-order valence-electron chi connectivity index (χ3n) is 5.29. The van der Waals surface area contributed by atoms with E-state index in [0.29, 0.717) is 12.0 Å². The number of nitrogens with zero attached hydrogens (tertiary/aromatic N) is 3. The van der Waals surface area contributed by atoms with Gasteiger partial charge in [0, 0.05) is 12.0 Å². The molecule has 1 amide bonds. The molecule has 5 nitrogen and oxygen atoms in total. The molecular formula is C21H28N4OS. The molecule has 1 aromatic heterocycles. The zero-order valence-electron chi connectivity index (χ0n) is 16.1. The van der Waals surface area contributed by atoms with Gasteiger partial charge in [-0.25, -0.2) is 0 Å². The predicted molar refractivity (Wildman–Crippen MR) is 108 cm³/mol. The van der Waals surface area contributed by atoms with E-state index in [1.165, 1.54) is 31.2 Å². The maximum atomic E-state index is 12.9. The Kier molecular flexibility index (Phi) is 5.53. The average molecular weight is 385 g/mol. The van der Waals surface area contributed by atoms with Crippen LogP contribution in [0.2, 0.25) is 0 Å². The average Bonchev–Trinajstić information content (AvgIpc) is 3.61. The second-order valence-corrected chi connectivity index (χ2v) is 9.04. The second kappa shape index (κ2) is 8.05. The summed E-state index contributed by atoms with van der Waals surface area (Å²) < 4.78 is 2.31. The van der Waals surface area contributed by atoms with Gasteiger partial charge in [0.2, 0.25) is 5.91 Å². The van der Waals surface area contributed by atoms with Crippen LogP contribution in [0, 0.1) is 0 Å². The molecule has 2 aliphatic rings. The van der Waals surface area contributed by atoms with Crippen molar-refractivity contribution in [3.05, 3.63) is 41.7 Å². The van der Waals surface area contributed by atoms with E-state index in [1.54, 1.807) is 11.8 Å². The molecule has 2 saturated carbocycles. The number of nitrogens with one attached hydrogen (secondary N) is 1. The van der Waals surface area contributed by atoms with Crippen molar-refractivity contribution in [1.29, 1.82) is 0 Å². The minimum Gasteiger partial charge on any atom is -0.348 e. The Hall–Kier alpha value is -1.82. The lowest BCUT2D eigenvalue weighted by Gasteiger charge is -2.21. The predicted octanol–water partition coefficient (Wildman–Crippen LogP) is 4.63. The van der Waals surface area contributed by atoms with Gasteiger partial charge in [-0.3, -0.25) is 4.79 Å². The van der Waals surface area contributed by atoms with E-state index in [9.17, 15) is 4.79 Å². The van der Waals surface area contributed by atoms with Crippen LogP contribution < -0.4 is 5.32 Å². The monoisotopic (exact) mass is 384 g/mol. The first kappa shape index (κ1) is 18.5. The number of rotatable bonds is 9. The van der Waals surface area contributed by atoms with E-state index in [0.717, 1.165) is 23.8 Å². The van der Waals surface area contributed by atoms with Crippen LogP contribution in [0.25, 0.3) is 0 Å². The summed E-state index contributed by atoms with van der Waals surface area (Å²) in [5.41, 5.74) is 1.17. The molecule has 0 unspecified atom stereocenters. The third-order valence-corrected chi connectivity index (χ3v) is 6.35. The van der Waals surface area contributed by atoms with Crippen molar-refractivity contribution in [3.8, 4) is 0 Å². The SMILES string of the molecule is CCC[C@@H](NC(=O)[C@@H](C)Sc1nnc(C2CC2)n1C1CC1)c1ccccc1. The number of thioether (sulfide) groups is 1. The third kappa shape index (κ3) is 4.37. The Morgan fingerprint density at radius 1 is 1.22 bits per heavy atom. The lowest BCUT2D eigenvalue weighted by atomic mass is 10.0. The van der Waals surface area contributed by atoms with Crippen molar-refractivity contribution in [2.24, 2.45) is 0 Å². The molecule has 2 fully saturated rings. The summed E-state index contributed by atoms with van der Waals surface area (Å²) in [6.45, 7) is 4.12. The maximum Gasteiger partial charge on any atom is 0.233 e. The highest BCUT2D eigenvalue weighted by atomic mass is 32.2. The fourth-order valence-corrected chi connectivity index (χ4v) is 4.40. The van der Waals surface area contributed by atoms with Gasteiger partial charge in [-0.05, 0) is 44.6 Å². The highest BCUT2D eigenvalue weighted by Gasteiger charge is 2.37. The van der Waals surface area contributed by atoms with Crippen LogP contribution in [-0.2, 0) is 4.79 Å². The second-order valence-electron chi connectivity index (χ2n) is 7.74. The Bertz CT molecular complexity index is 783. The minimum absolute atomic E-state index is 0.0649. The lowest BCUT2D eigenvalue weighted by molar-refractivity contribution is -0.121. The Balaban J connectivity index is 1.43. The molecule has 0 bridgehead atoms. The standard InChI is InChI=1S/C21H28N4OS/c1-3-7-18(15-8-5-4-6-9-15)22-20(26)14(2)27-21-24-23-19(16-10-11-16)25(21)17-12-13-17/h4-6,8-9,14,16-18H,3,7,10-13H2,1-2H3,(H,22,26)/t14-,18-/m1/s1. The summed E-state index contributed by atoms with van der Waals surface area (Å²) in [6, 6.07) is 10.9. The Morgan fingerprint density at radius 3 is 2.59 bits per heavy atom. The van der Waals surface area contributed by atoms with Crippen molar-refractivity contribution in [3.63, 3.8) is 0 Å². The quantitative estimate of drug-likeness (QED) is 0.641. The van der Waals surface area contributed by atoms with Crippen LogP contribution >= 0.6 is 11.8 Å². The van der Waals surface area contributed by atoms with E-state index < -0.39 is 0 Å². The van der Waals surface area contributed by atoms with Gasteiger partial charge >= 0.3 is 0 Å². The van der Waals surface area contributed by atoms with E-state index in [2.05, 4.69) is 39.1 Å². The number of amides is 1. The van der Waals surface area contributed by atoms with Crippen LogP contribution in [0.4, 0.5) is 0 Å². The minimum atomic E-state index is -0.193. The largest absolute Gasteiger partial charge is 0.348 e. The van der Waals surface area contributed by atoms with Gasteiger partial charge in [0.1, 0.15) is 5.82 Å². The molecule has 0 aliphatic heterocycles. The number of hydrogen-bond acceptors (Lipinski definition) is 4. The molecule has 2 aromatic rings. The molecule has 1 N–H and O–H groups in total. The lowest BCUT2D eigenvalue weighted by Crippen LogP contribution is -2.34. The maximum absolute atomic E-state index is 12.9. The molecule has 0 saturated heterocycles. The van der Waals surface area contributed by atoms with Crippen molar-refractivity contribution in [2.75, 3.05) is 0 Å². The van der Waals surface area contributed by atoms with Crippen molar-refractivity contribution < 1.29 is 4.79 Å². The molecule has 6 heteroatoms. The molecule has 0 radical (unpaired) electrons. The highest BCUT2D eigenvalue weighted by molar-refractivity contribution is 8.00. The number of hydrogen-bond donors (Lipinski definition) is 1. The normalized spacial score (nSPS) is 18.9. The first-order chi connectivity index (χ1) is 13.2. The number of benzene rings is 1. The first-order valence-electron chi connectivity index (χ1n) is 10.1. The van der Waals surface area contributed by atoms with Crippen molar-refractivity contribution >= 4 is 17.7 Å². The topological polar surface area (TPSA) is 59.8 Å². The van der Waals surface area contributed by atoms with Gasteiger partial charge in [-0.15, -0.1) is 10.2 Å². The van der Waals surface area contributed by atoms with Gasteiger partial charge in [-0.2, -0.15) is 0 Å². The van der Waals surface area contributed by atoms with Crippen LogP contribution in [0.3, 0.4) is 0 Å². The fraction of sp³-hybridized carbons (Fsp3) is 0.571. The number of aromatic nitrogens is 3. The molecule has 0 spiro atoms. The van der Waals surface area contributed by atoms with E-state index >= 15 is 0 Å². The molecule has 1 heterocycles. The summed E-state index contributed by atoms with van der Waals surface area (Å²) in [5.74, 6) is 1.80. The molecule has 4 rings (SSSR count). The van der Waals surface area contributed by atoms with Crippen LogP contribution in [0.15, 0.2) is 35.5 Å². The zero-order chi connectivity index (χ0) is 18.8. The molecule has 1 aromatic carbocycles. The number of carbonyl (C=O) groups is 1. The molecule has 2 aliphatic carbocycles. The smallest absolute Gasteiger partial charge is 0.233 e. The van der Waals surface area contributed by atoms with Gasteiger partial charge < -0.3 is 9.88 Å². The first-order valence-corrected chi connectivity index (χ1v) is 11.0. The Morgan fingerprint density at radius 2 is 1.96 bits per heavy atom. The van der Waals surface area contributed by atoms with Crippen molar-refractivity contribution in [2.45, 2.75) is 80.8 Å². The fourth-order valence-electron chi connectivity index (χ4n) is 3.46. The summed E-state index contributed by atoms with van der Waals surface area (Å²) >= 11 is 1.55. The van der Waals surface area contributed by atoms with Crippen molar-refractivity contribution in [1.82, 2.24) is 20.1 Å². The highest BCUT2D eigenvalue weighted by Crippen LogP contribution is 2.46. The summed E-state index contributed by atoms with van der Waals surface area (Å²) in [4.78, 5) is 12.9. The van der Waals surface area contributed by atoms with Crippen LogP contribution in [0.5, 0.6) is 0 Å². The van der Waals surface area contributed by atoms with E-state index in [4.69, 9.17) is 0 Å². The summed E-state index contributed by atoms with van der Waals surface area (Å²) in [7, 11) is 0. The molecule has 2 atom stereocenters. The van der Waals surface area contributed by atoms with Crippen LogP contribution in [-0.4, -0.2) is 25.9 Å². The van der Waals surface area contributed by atoms with E-state index in [-0.39, 0.29) is 17.2 Å². The molecular weight excluding hydrogens is 356 g/mol. The van der Waals surface area contributed by atoms with Gasteiger partial charge in [-0.1, -0.05) is 55.4 Å². The number of carbonyl (C=O) groups excluding carboxylic acids is 1. The Labute approximate surface area is 165 Å². The van der Waals surface area contributed by atoms with Gasteiger partial charge in [0.05, 0.1) is 11.3 Å².